The smallest absolute Gasteiger partial charge is 0.309 e. The Kier molecular flexibility index (Phi) is 6.82. The quantitative estimate of drug-likeness (QED) is 0.531. The van der Waals surface area contributed by atoms with Gasteiger partial charge in [-0.2, -0.15) is 0 Å². The van der Waals surface area contributed by atoms with Gasteiger partial charge in [-0.1, -0.05) is 30.3 Å². The van der Waals surface area contributed by atoms with Gasteiger partial charge in [-0.05, 0) is 47.9 Å². The number of carbonyl (C=O) groups excluding carboxylic acids is 3. The maximum absolute atomic E-state index is 12.4. The summed E-state index contributed by atoms with van der Waals surface area (Å²) in [6.07, 6.45) is 5.34. The molecule has 3 heterocycles. The molecule has 4 rings (SSSR count). The minimum absolute atomic E-state index is 0.0521. The Morgan fingerprint density at radius 3 is 2.58 bits per heavy atom. The number of esters is 1. The van der Waals surface area contributed by atoms with Gasteiger partial charge in [-0.25, -0.2) is 0 Å². The highest BCUT2D eigenvalue weighted by Crippen LogP contribution is 2.24. The maximum Gasteiger partial charge on any atom is 0.309 e. The standard InChI is InChI=1S/C24H26N2O4S/c27-22(7-6-18-4-2-1-3-5-18)25-12-8-19(9-13-25)24(29)30-17-23(28)26-14-10-21-20(16-26)11-15-31-21/h1-7,11,15,19H,8-10,12-14,16-17H2/b7-6+. The number of likely N-dealkylation sites (tertiary alicyclic amines) is 1. The number of hydrogen-bond donors (Lipinski definition) is 0. The van der Waals surface area contributed by atoms with E-state index < -0.39 is 0 Å². The summed E-state index contributed by atoms with van der Waals surface area (Å²) in [6, 6.07) is 11.7. The fraction of sp³-hybridized carbons (Fsp3) is 0.375. The number of benzene rings is 1. The van der Waals surface area contributed by atoms with E-state index >= 15 is 0 Å². The van der Waals surface area contributed by atoms with Crippen LogP contribution >= 0.6 is 11.3 Å². The number of ether oxygens (including phenoxy) is 1. The highest BCUT2D eigenvalue weighted by atomic mass is 32.1. The number of fused-ring (bicyclic) bond motifs is 1. The van der Waals surface area contributed by atoms with E-state index in [1.807, 2.05) is 35.7 Å². The van der Waals surface area contributed by atoms with Crippen molar-refractivity contribution in [3.8, 4) is 0 Å². The molecule has 6 nitrogen and oxygen atoms in total. The van der Waals surface area contributed by atoms with E-state index in [9.17, 15) is 14.4 Å². The fourth-order valence-corrected chi connectivity index (χ4v) is 4.87. The van der Waals surface area contributed by atoms with Gasteiger partial charge in [0.15, 0.2) is 6.61 Å². The predicted molar refractivity (Wildman–Crippen MR) is 119 cm³/mol. The second-order valence-corrected chi connectivity index (χ2v) is 8.89. The van der Waals surface area contributed by atoms with Gasteiger partial charge in [0.1, 0.15) is 0 Å². The van der Waals surface area contributed by atoms with Crippen LogP contribution in [0.5, 0.6) is 0 Å². The fourth-order valence-electron chi connectivity index (χ4n) is 3.98. The minimum Gasteiger partial charge on any atom is -0.455 e. The molecule has 162 valence electrons. The van der Waals surface area contributed by atoms with Crippen LogP contribution in [0.1, 0.15) is 28.8 Å². The van der Waals surface area contributed by atoms with E-state index in [1.54, 1.807) is 33.3 Å². The highest BCUT2D eigenvalue weighted by Gasteiger charge is 2.29. The van der Waals surface area contributed by atoms with Crippen LogP contribution in [-0.4, -0.2) is 53.8 Å². The number of nitrogens with zero attached hydrogens (tertiary/aromatic N) is 2. The molecule has 2 aliphatic heterocycles. The van der Waals surface area contributed by atoms with Gasteiger partial charge < -0.3 is 14.5 Å². The monoisotopic (exact) mass is 438 g/mol. The van der Waals surface area contributed by atoms with Crippen LogP contribution in [0.15, 0.2) is 47.9 Å². The van der Waals surface area contributed by atoms with E-state index in [-0.39, 0.29) is 30.3 Å². The van der Waals surface area contributed by atoms with Crippen molar-refractivity contribution in [2.75, 3.05) is 26.2 Å². The van der Waals surface area contributed by atoms with Crippen LogP contribution in [0, 0.1) is 5.92 Å². The van der Waals surface area contributed by atoms with Gasteiger partial charge in [-0.15, -0.1) is 11.3 Å². The third-order valence-electron chi connectivity index (χ3n) is 5.86. The molecule has 0 unspecified atom stereocenters. The summed E-state index contributed by atoms with van der Waals surface area (Å²) in [4.78, 5) is 42.1. The SMILES string of the molecule is O=C(OCC(=O)N1CCc2sccc2C1)C1CCN(C(=O)/C=C/c2ccccc2)CC1. The van der Waals surface area contributed by atoms with Crippen molar-refractivity contribution in [2.24, 2.45) is 5.92 Å². The highest BCUT2D eigenvalue weighted by molar-refractivity contribution is 7.10. The Labute approximate surface area is 186 Å². The number of hydrogen-bond acceptors (Lipinski definition) is 5. The molecule has 7 heteroatoms. The van der Waals surface area contributed by atoms with Crippen LogP contribution in [-0.2, 0) is 32.1 Å². The summed E-state index contributed by atoms with van der Waals surface area (Å²) in [5.74, 6) is -0.805. The molecule has 1 saturated heterocycles. The average molecular weight is 439 g/mol. The molecule has 1 fully saturated rings. The maximum atomic E-state index is 12.4. The Hall–Kier alpha value is -2.93. The first-order chi connectivity index (χ1) is 15.1. The van der Waals surface area contributed by atoms with Crippen molar-refractivity contribution in [3.05, 3.63) is 63.9 Å². The lowest BCUT2D eigenvalue weighted by Crippen LogP contribution is -2.41. The number of thiophene rings is 1. The first-order valence-electron chi connectivity index (χ1n) is 10.6. The van der Waals surface area contributed by atoms with E-state index in [0.717, 1.165) is 12.0 Å². The van der Waals surface area contributed by atoms with E-state index in [2.05, 4.69) is 6.07 Å². The summed E-state index contributed by atoms with van der Waals surface area (Å²) in [5, 5.41) is 2.05. The topological polar surface area (TPSA) is 66.9 Å². The van der Waals surface area contributed by atoms with Gasteiger partial charge in [0.05, 0.1) is 5.92 Å². The van der Waals surface area contributed by atoms with Crippen LogP contribution in [0.2, 0.25) is 0 Å². The van der Waals surface area contributed by atoms with Crippen LogP contribution in [0.25, 0.3) is 6.08 Å². The normalized spacial score (nSPS) is 16.9. The molecule has 0 bridgehead atoms. The summed E-state index contributed by atoms with van der Waals surface area (Å²) in [5.41, 5.74) is 2.16. The second-order valence-electron chi connectivity index (χ2n) is 7.89. The molecule has 0 spiro atoms. The van der Waals surface area contributed by atoms with Crippen molar-refractivity contribution >= 4 is 35.2 Å². The molecule has 2 aliphatic rings. The molecule has 0 N–H and O–H groups in total. The van der Waals surface area contributed by atoms with Gasteiger partial charge in [0.2, 0.25) is 5.91 Å². The zero-order valence-electron chi connectivity index (χ0n) is 17.4. The first-order valence-corrected chi connectivity index (χ1v) is 11.5. The Morgan fingerprint density at radius 1 is 1.03 bits per heavy atom. The van der Waals surface area contributed by atoms with Crippen molar-refractivity contribution in [2.45, 2.75) is 25.8 Å². The van der Waals surface area contributed by atoms with Crippen LogP contribution in [0.3, 0.4) is 0 Å². The molecule has 1 aromatic heterocycles. The van der Waals surface area contributed by atoms with Gasteiger partial charge in [0, 0.05) is 37.1 Å². The van der Waals surface area contributed by atoms with E-state index in [0.29, 0.717) is 39.0 Å². The molecule has 0 atom stereocenters. The third kappa shape index (κ3) is 5.41. The molecule has 0 aliphatic carbocycles. The van der Waals surface area contributed by atoms with Crippen molar-refractivity contribution in [1.29, 1.82) is 0 Å². The van der Waals surface area contributed by atoms with Gasteiger partial charge in [0.25, 0.3) is 5.91 Å². The number of rotatable bonds is 5. The Morgan fingerprint density at radius 2 is 1.81 bits per heavy atom. The third-order valence-corrected chi connectivity index (χ3v) is 6.88. The van der Waals surface area contributed by atoms with Gasteiger partial charge in [-0.3, -0.25) is 14.4 Å². The lowest BCUT2D eigenvalue weighted by atomic mass is 9.97. The molecular weight excluding hydrogens is 412 g/mol. The molecule has 31 heavy (non-hydrogen) atoms. The summed E-state index contributed by atoms with van der Waals surface area (Å²) in [6.45, 7) is 2.07. The molecule has 0 radical (unpaired) electrons. The first kappa shape index (κ1) is 21.3. The average Bonchev–Trinajstić information content (AvgIpc) is 3.29. The summed E-state index contributed by atoms with van der Waals surface area (Å²) >= 11 is 1.72. The lowest BCUT2D eigenvalue weighted by Gasteiger charge is -2.30. The molecule has 2 aromatic rings. The Bertz CT molecular complexity index is 961. The molecule has 2 amide bonds. The minimum atomic E-state index is -0.339. The van der Waals surface area contributed by atoms with Gasteiger partial charge >= 0.3 is 5.97 Å². The van der Waals surface area contributed by atoms with Crippen molar-refractivity contribution in [3.63, 3.8) is 0 Å². The zero-order valence-corrected chi connectivity index (χ0v) is 18.2. The molecular formula is C24H26N2O4S. The molecule has 0 saturated carbocycles. The number of piperidine rings is 1. The predicted octanol–water partition coefficient (Wildman–Crippen LogP) is 3.13. The van der Waals surface area contributed by atoms with E-state index in [1.165, 1.54) is 10.4 Å². The largest absolute Gasteiger partial charge is 0.455 e. The Balaban J connectivity index is 1.19. The van der Waals surface area contributed by atoms with E-state index in [4.69, 9.17) is 4.74 Å². The number of amides is 2. The number of carbonyl (C=O) groups is 3. The summed E-state index contributed by atoms with van der Waals surface area (Å²) in [7, 11) is 0. The second kappa shape index (κ2) is 9.92. The van der Waals surface area contributed by atoms with Crippen molar-refractivity contribution in [1.82, 2.24) is 9.80 Å². The zero-order chi connectivity index (χ0) is 21.6. The summed E-state index contributed by atoms with van der Waals surface area (Å²) < 4.78 is 5.32. The molecule has 1 aromatic carbocycles. The van der Waals surface area contributed by atoms with Crippen LogP contribution in [0.4, 0.5) is 0 Å². The lowest BCUT2D eigenvalue weighted by molar-refractivity contribution is -0.157. The van der Waals surface area contributed by atoms with Crippen LogP contribution < -0.4 is 0 Å². The van der Waals surface area contributed by atoms with Crippen molar-refractivity contribution < 1.29 is 19.1 Å².